The lowest BCUT2D eigenvalue weighted by Crippen LogP contribution is -2.43. The van der Waals surface area contributed by atoms with Gasteiger partial charge in [-0.05, 0) is 37.2 Å². The maximum atomic E-state index is 6.08. The minimum Gasteiger partial charge on any atom is -0.377 e. The molecule has 0 radical (unpaired) electrons. The van der Waals surface area contributed by atoms with Crippen LogP contribution in [0.3, 0.4) is 0 Å². The second kappa shape index (κ2) is 9.81. The summed E-state index contributed by atoms with van der Waals surface area (Å²) in [5, 5.41) is 6.82. The van der Waals surface area contributed by atoms with Crippen LogP contribution in [0.5, 0.6) is 0 Å². The van der Waals surface area contributed by atoms with Crippen molar-refractivity contribution in [2.45, 2.75) is 53.1 Å². The average Bonchev–Trinajstić information content (AvgIpc) is 2.60. The Kier molecular flexibility index (Phi) is 7.76. The summed E-state index contributed by atoms with van der Waals surface area (Å²) in [5.41, 5.74) is 1.51. The Hall–Kier alpha value is -1.55. The summed E-state index contributed by atoms with van der Waals surface area (Å²) in [7, 11) is 0. The maximum Gasteiger partial charge on any atom is 0.191 e. The van der Waals surface area contributed by atoms with Gasteiger partial charge in [0.15, 0.2) is 5.96 Å². The molecule has 2 atom stereocenters. The van der Waals surface area contributed by atoms with Gasteiger partial charge in [0, 0.05) is 32.2 Å². The summed E-state index contributed by atoms with van der Waals surface area (Å²) in [4.78, 5) is 4.85. The topological polar surface area (TPSA) is 45.7 Å². The smallest absolute Gasteiger partial charge is 0.191 e. The zero-order valence-corrected chi connectivity index (χ0v) is 16.3. The molecule has 1 aliphatic heterocycles. The lowest BCUT2D eigenvalue weighted by molar-refractivity contribution is -0.0823. The number of nitrogens with one attached hydrogen (secondary N) is 2. The highest BCUT2D eigenvalue weighted by atomic mass is 16.5. The molecular weight excluding hydrogens is 310 g/mol. The van der Waals surface area contributed by atoms with Crippen LogP contribution < -0.4 is 10.6 Å². The SMILES string of the molecule is CCNC(=NCC1CCCOC1C(C)(C)C)NCCc1ccccc1. The molecule has 0 bridgehead atoms. The zero-order valence-electron chi connectivity index (χ0n) is 16.3. The van der Waals surface area contributed by atoms with Crippen LogP contribution in [0.2, 0.25) is 0 Å². The molecule has 2 unspecified atom stereocenters. The van der Waals surface area contributed by atoms with Gasteiger partial charge in [-0.2, -0.15) is 0 Å². The summed E-state index contributed by atoms with van der Waals surface area (Å²) in [6.45, 7) is 12.4. The lowest BCUT2D eigenvalue weighted by atomic mass is 9.78. The fourth-order valence-corrected chi connectivity index (χ4v) is 3.51. The van der Waals surface area contributed by atoms with Crippen molar-refractivity contribution in [1.29, 1.82) is 0 Å². The highest BCUT2D eigenvalue weighted by molar-refractivity contribution is 5.79. The quantitative estimate of drug-likeness (QED) is 0.611. The number of rotatable bonds is 6. The van der Waals surface area contributed by atoms with Crippen molar-refractivity contribution in [3.05, 3.63) is 35.9 Å². The molecule has 1 fully saturated rings. The molecule has 0 aliphatic carbocycles. The van der Waals surface area contributed by atoms with Gasteiger partial charge >= 0.3 is 0 Å². The van der Waals surface area contributed by atoms with Crippen molar-refractivity contribution >= 4 is 5.96 Å². The number of hydrogen-bond donors (Lipinski definition) is 2. The molecule has 1 aromatic carbocycles. The van der Waals surface area contributed by atoms with Crippen molar-refractivity contribution in [2.75, 3.05) is 26.2 Å². The molecule has 1 heterocycles. The van der Waals surface area contributed by atoms with Gasteiger partial charge in [0.1, 0.15) is 0 Å². The predicted molar refractivity (Wildman–Crippen MR) is 106 cm³/mol. The van der Waals surface area contributed by atoms with Crippen LogP contribution in [-0.2, 0) is 11.2 Å². The molecule has 0 amide bonds. The largest absolute Gasteiger partial charge is 0.377 e. The molecule has 2 rings (SSSR count). The first kappa shape index (κ1) is 19.8. The Balaban J connectivity index is 1.89. The number of ether oxygens (including phenoxy) is 1. The Bertz CT molecular complexity index is 522. The molecule has 1 aromatic rings. The first-order valence-electron chi connectivity index (χ1n) is 9.68. The van der Waals surface area contributed by atoms with E-state index in [4.69, 9.17) is 9.73 Å². The first-order valence-corrected chi connectivity index (χ1v) is 9.68. The lowest BCUT2D eigenvalue weighted by Gasteiger charge is -2.39. The Morgan fingerprint density at radius 2 is 1.96 bits per heavy atom. The van der Waals surface area contributed by atoms with Crippen LogP contribution in [-0.4, -0.2) is 38.3 Å². The Morgan fingerprint density at radius 3 is 2.64 bits per heavy atom. The summed E-state index contributed by atoms with van der Waals surface area (Å²) >= 11 is 0. The number of benzene rings is 1. The monoisotopic (exact) mass is 345 g/mol. The second-order valence-corrected chi connectivity index (χ2v) is 7.94. The molecular formula is C21H35N3O. The molecule has 0 spiro atoms. The fourth-order valence-electron chi connectivity index (χ4n) is 3.51. The van der Waals surface area contributed by atoms with Crippen molar-refractivity contribution in [1.82, 2.24) is 10.6 Å². The van der Waals surface area contributed by atoms with E-state index >= 15 is 0 Å². The van der Waals surface area contributed by atoms with Gasteiger partial charge in [-0.3, -0.25) is 4.99 Å². The third-order valence-electron chi connectivity index (χ3n) is 4.68. The minimum atomic E-state index is 0.166. The molecule has 0 saturated carbocycles. The highest BCUT2D eigenvalue weighted by Gasteiger charge is 2.35. The molecule has 4 nitrogen and oxygen atoms in total. The third kappa shape index (κ3) is 6.69. The van der Waals surface area contributed by atoms with Crippen molar-refractivity contribution < 1.29 is 4.74 Å². The summed E-state index contributed by atoms with van der Waals surface area (Å²) in [5.74, 6) is 1.41. The molecule has 0 aromatic heterocycles. The summed E-state index contributed by atoms with van der Waals surface area (Å²) < 4.78 is 6.08. The minimum absolute atomic E-state index is 0.166. The summed E-state index contributed by atoms with van der Waals surface area (Å²) in [6.07, 6.45) is 3.64. The molecule has 25 heavy (non-hydrogen) atoms. The fraction of sp³-hybridized carbons (Fsp3) is 0.667. The first-order chi connectivity index (χ1) is 12.0. The third-order valence-corrected chi connectivity index (χ3v) is 4.68. The van der Waals surface area contributed by atoms with Gasteiger partial charge in [-0.1, -0.05) is 51.1 Å². The van der Waals surface area contributed by atoms with E-state index in [-0.39, 0.29) is 11.5 Å². The van der Waals surface area contributed by atoms with E-state index in [1.54, 1.807) is 0 Å². The van der Waals surface area contributed by atoms with Crippen LogP contribution in [0.4, 0.5) is 0 Å². The van der Waals surface area contributed by atoms with Crippen molar-refractivity contribution in [2.24, 2.45) is 16.3 Å². The van der Waals surface area contributed by atoms with E-state index in [0.29, 0.717) is 5.92 Å². The van der Waals surface area contributed by atoms with Crippen LogP contribution in [0.25, 0.3) is 0 Å². The van der Waals surface area contributed by atoms with Crippen molar-refractivity contribution in [3.63, 3.8) is 0 Å². The second-order valence-electron chi connectivity index (χ2n) is 7.94. The Morgan fingerprint density at radius 1 is 1.20 bits per heavy atom. The van der Waals surface area contributed by atoms with Crippen LogP contribution in [0.1, 0.15) is 46.1 Å². The van der Waals surface area contributed by atoms with Gasteiger partial charge in [-0.15, -0.1) is 0 Å². The summed E-state index contributed by atoms with van der Waals surface area (Å²) in [6, 6.07) is 10.6. The number of guanidine groups is 1. The van der Waals surface area contributed by atoms with E-state index in [1.807, 2.05) is 0 Å². The zero-order chi connectivity index (χ0) is 18.1. The Labute approximate surface area is 153 Å². The molecule has 4 heteroatoms. The maximum absolute atomic E-state index is 6.08. The van der Waals surface area contributed by atoms with E-state index < -0.39 is 0 Å². The standard InChI is InChI=1S/C21H35N3O/c1-5-22-20(23-14-13-17-10-7-6-8-11-17)24-16-18-12-9-15-25-19(18)21(2,3)4/h6-8,10-11,18-19H,5,9,12-16H2,1-4H3,(H2,22,23,24). The van der Waals surface area contributed by atoms with Crippen molar-refractivity contribution in [3.8, 4) is 0 Å². The molecule has 2 N–H and O–H groups in total. The van der Waals surface area contributed by atoms with Gasteiger partial charge in [0.25, 0.3) is 0 Å². The highest BCUT2D eigenvalue weighted by Crippen LogP contribution is 2.34. The average molecular weight is 346 g/mol. The number of nitrogens with zero attached hydrogens (tertiary/aromatic N) is 1. The van der Waals surface area contributed by atoms with E-state index in [2.05, 4.69) is 68.7 Å². The van der Waals surface area contributed by atoms with Gasteiger partial charge in [-0.25, -0.2) is 0 Å². The van der Waals surface area contributed by atoms with E-state index in [9.17, 15) is 0 Å². The van der Waals surface area contributed by atoms with E-state index in [0.717, 1.165) is 45.0 Å². The van der Waals surface area contributed by atoms with Crippen LogP contribution in [0.15, 0.2) is 35.3 Å². The van der Waals surface area contributed by atoms with Crippen LogP contribution >= 0.6 is 0 Å². The van der Waals surface area contributed by atoms with Crippen LogP contribution in [0, 0.1) is 11.3 Å². The predicted octanol–water partition coefficient (Wildman–Crippen LogP) is 3.63. The van der Waals surface area contributed by atoms with Gasteiger partial charge < -0.3 is 15.4 Å². The number of aliphatic imine (C=N–C) groups is 1. The van der Waals surface area contributed by atoms with E-state index in [1.165, 1.54) is 12.0 Å². The molecule has 1 aliphatic rings. The normalized spacial score (nSPS) is 21.8. The number of hydrogen-bond acceptors (Lipinski definition) is 2. The van der Waals surface area contributed by atoms with Gasteiger partial charge in [0.05, 0.1) is 6.10 Å². The molecule has 1 saturated heterocycles. The molecule has 140 valence electrons. The van der Waals surface area contributed by atoms with Gasteiger partial charge in [0.2, 0.25) is 0 Å².